The zero-order valence-corrected chi connectivity index (χ0v) is 13.2. The summed E-state index contributed by atoms with van der Waals surface area (Å²) in [6.45, 7) is 6.77. The smallest absolute Gasteiger partial charge is 0.126 e. The molecule has 0 aliphatic rings. The van der Waals surface area contributed by atoms with E-state index in [-0.39, 0.29) is 6.61 Å². The van der Waals surface area contributed by atoms with Gasteiger partial charge in [-0.1, -0.05) is 39.0 Å². The lowest BCUT2D eigenvalue weighted by atomic mass is 9.99. The second kappa shape index (κ2) is 8.80. The van der Waals surface area contributed by atoms with E-state index in [1.54, 1.807) is 7.11 Å². The Kier molecular flexibility index (Phi) is 7.38. The molecule has 0 bridgehead atoms. The summed E-state index contributed by atoms with van der Waals surface area (Å²) in [6, 6.07) is 6.38. The van der Waals surface area contributed by atoms with Crippen LogP contribution >= 0.6 is 0 Å². The maximum atomic E-state index is 8.99. The Morgan fingerprint density at radius 3 is 2.60 bits per heavy atom. The van der Waals surface area contributed by atoms with E-state index in [2.05, 4.69) is 45.1 Å². The average Bonchev–Trinajstić information content (AvgIpc) is 2.46. The Bertz CT molecular complexity index is 421. The van der Waals surface area contributed by atoms with Crippen molar-refractivity contribution in [2.24, 2.45) is 5.92 Å². The van der Waals surface area contributed by atoms with Gasteiger partial charge in [0.1, 0.15) is 5.75 Å². The zero-order chi connectivity index (χ0) is 15.0. The van der Waals surface area contributed by atoms with E-state index in [9.17, 15) is 0 Å². The third-order valence-electron chi connectivity index (χ3n) is 3.60. The number of ether oxygens (including phenoxy) is 1. The van der Waals surface area contributed by atoms with Crippen LogP contribution in [0.15, 0.2) is 24.3 Å². The van der Waals surface area contributed by atoms with Gasteiger partial charge >= 0.3 is 0 Å². The van der Waals surface area contributed by atoms with Crippen LogP contribution in [0.3, 0.4) is 0 Å². The van der Waals surface area contributed by atoms with Crippen LogP contribution in [-0.2, 0) is 0 Å². The van der Waals surface area contributed by atoms with Crippen LogP contribution in [0.5, 0.6) is 5.75 Å². The fourth-order valence-electron chi connectivity index (χ4n) is 2.13. The molecular formula is C18H28O2. The van der Waals surface area contributed by atoms with E-state index < -0.39 is 0 Å². The van der Waals surface area contributed by atoms with Crippen LogP contribution in [-0.4, -0.2) is 18.8 Å². The Balaban J connectivity index is 2.62. The van der Waals surface area contributed by atoms with Gasteiger partial charge in [0.05, 0.1) is 7.11 Å². The fraction of sp³-hybridized carbons (Fsp3) is 0.556. The predicted octanol–water partition coefficient (Wildman–Crippen LogP) is 4.63. The number of rotatable bonds is 8. The Hall–Kier alpha value is -1.28. The molecule has 0 aliphatic heterocycles. The molecule has 1 atom stereocenters. The number of allylic oxidation sites excluding steroid dienone is 1. The molecule has 1 aromatic rings. The van der Waals surface area contributed by atoms with Crippen LogP contribution < -0.4 is 4.74 Å². The number of unbranched alkanes of at least 4 members (excludes halogenated alkanes) is 1. The SMILES string of the molecule is COc1ccc(C(C)C)cc1C=CCCC[C@@H](C)CO. The Morgan fingerprint density at radius 2 is 2.00 bits per heavy atom. The standard InChI is InChI=1S/C18H28O2/c1-14(2)16-10-11-18(20-4)17(12-16)9-7-5-6-8-15(3)13-19/h7,9-12,14-15,19H,5-6,8,13H2,1-4H3/t15-/m1/s1. The Morgan fingerprint density at radius 1 is 1.25 bits per heavy atom. The first kappa shape index (κ1) is 16.8. The van der Waals surface area contributed by atoms with Gasteiger partial charge in [-0.3, -0.25) is 0 Å². The van der Waals surface area contributed by atoms with Gasteiger partial charge < -0.3 is 9.84 Å². The highest BCUT2D eigenvalue weighted by Crippen LogP contribution is 2.25. The molecule has 0 saturated heterocycles. The lowest BCUT2D eigenvalue weighted by Crippen LogP contribution is -1.99. The van der Waals surface area contributed by atoms with E-state index >= 15 is 0 Å². The molecule has 0 aliphatic carbocycles. The molecule has 0 saturated carbocycles. The van der Waals surface area contributed by atoms with Crippen molar-refractivity contribution < 1.29 is 9.84 Å². The molecule has 2 nitrogen and oxygen atoms in total. The number of methoxy groups -OCH3 is 1. The van der Waals surface area contributed by atoms with Gasteiger partial charge in [0.15, 0.2) is 0 Å². The van der Waals surface area contributed by atoms with Crippen LogP contribution in [0, 0.1) is 5.92 Å². The third kappa shape index (κ3) is 5.38. The summed E-state index contributed by atoms with van der Waals surface area (Å²) in [7, 11) is 1.71. The van der Waals surface area contributed by atoms with Crippen molar-refractivity contribution in [2.45, 2.75) is 46.0 Å². The topological polar surface area (TPSA) is 29.5 Å². The predicted molar refractivity (Wildman–Crippen MR) is 86.2 cm³/mol. The lowest BCUT2D eigenvalue weighted by molar-refractivity contribution is 0.228. The van der Waals surface area contributed by atoms with E-state index in [1.807, 2.05) is 6.07 Å². The van der Waals surface area contributed by atoms with Crippen molar-refractivity contribution in [1.29, 1.82) is 0 Å². The van der Waals surface area contributed by atoms with Crippen molar-refractivity contribution in [1.82, 2.24) is 0 Å². The van der Waals surface area contributed by atoms with Crippen molar-refractivity contribution in [3.05, 3.63) is 35.4 Å². The lowest BCUT2D eigenvalue weighted by Gasteiger charge is -2.10. The molecule has 2 heteroatoms. The first-order valence-corrected chi connectivity index (χ1v) is 7.53. The zero-order valence-electron chi connectivity index (χ0n) is 13.2. The summed E-state index contributed by atoms with van der Waals surface area (Å²) in [5.41, 5.74) is 2.48. The molecule has 0 unspecified atom stereocenters. The Labute approximate surface area is 123 Å². The highest BCUT2D eigenvalue weighted by atomic mass is 16.5. The second-order valence-corrected chi connectivity index (χ2v) is 5.78. The summed E-state index contributed by atoms with van der Waals surface area (Å²) < 4.78 is 5.41. The number of hydrogen-bond donors (Lipinski definition) is 1. The second-order valence-electron chi connectivity index (χ2n) is 5.78. The molecule has 0 radical (unpaired) electrons. The number of aliphatic hydroxyl groups excluding tert-OH is 1. The number of hydrogen-bond acceptors (Lipinski definition) is 2. The normalized spacial score (nSPS) is 13.1. The van der Waals surface area contributed by atoms with E-state index in [4.69, 9.17) is 9.84 Å². The molecule has 0 aromatic heterocycles. The van der Waals surface area contributed by atoms with Crippen LogP contribution in [0.25, 0.3) is 6.08 Å². The van der Waals surface area contributed by atoms with Gasteiger partial charge in [0.25, 0.3) is 0 Å². The minimum absolute atomic E-state index is 0.286. The monoisotopic (exact) mass is 276 g/mol. The molecule has 1 N–H and O–H groups in total. The molecule has 0 heterocycles. The molecule has 0 fully saturated rings. The van der Waals surface area contributed by atoms with Crippen LogP contribution in [0.1, 0.15) is 57.1 Å². The summed E-state index contributed by atoms with van der Waals surface area (Å²) >= 11 is 0. The van der Waals surface area contributed by atoms with Gasteiger partial charge in [0, 0.05) is 12.2 Å². The van der Waals surface area contributed by atoms with E-state index in [1.165, 1.54) is 5.56 Å². The quantitative estimate of drug-likeness (QED) is 0.701. The van der Waals surface area contributed by atoms with Crippen molar-refractivity contribution >= 4 is 6.08 Å². The van der Waals surface area contributed by atoms with Gasteiger partial charge in [-0.15, -0.1) is 0 Å². The highest BCUT2D eigenvalue weighted by Gasteiger charge is 2.04. The average molecular weight is 276 g/mol. The van der Waals surface area contributed by atoms with Gasteiger partial charge in [-0.25, -0.2) is 0 Å². The van der Waals surface area contributed by atoms with Crippen molar-refractivity contribution in [3.8, 4) is 5.75 Å². The van der Waals surface area contributed by atoms with Gasteiger partial charge in [0.2, 0.25) is 0 Å². The van der Waals surface area contributed by atoms with Crippen LogP contribution in [0.2, 0.25) is 0 Å². The van der Waals surface area contributed by atoms with E-state index in [0.29, 0.717) is 11.8 Å². The minimum atomic E-state index is 0.286. The van der Waals surface area contributed by atoms with Gasteiger partial charge in [-0.05, 0) is 48.8 Å². The molecule has 0 amide bonds. The van der Waals surface area contributed by atoms with Crippen molar-refractivity contribution in [3.63, 3.8) is 0 Å². The minimum Gasteiger partial charge on any atom is -0.496 e. The molecule has 20 heavy (non-hydrogen) atoms. The first-order chi connectivity index (χ1) is 9.58. The summed E-state index contributed by atoms with van der Waals surface area (Å²) in [6.07, 6.45) is 7.58. The van der Waals surface area contributed by atoms with Crippen LogP contribution in [0.4, 0.5) is 0 Å². The fourth-order valence-corrected chi connectivity index (χ4v) is 2.13. The summed E-state index contributed by atoms with van der Waals surface area (Å²) in [4.78, 5) is 0. The van der Waals surface area contributed by atoms with Crippen molar-refractivity contribution in [2.75, 3.05) is 13.7 Å². The maximum absolute atomic E-state index is 8.99. The molecular weight excluding hydrogens is 248 g/mol. The molecule has 0 spiro atoms. The van der Waals surface area contributed by atoms with Gasteiger partial charge in [-0.2, -0.15) is 0 Å². The molecule has 1 aromatic carbocycles. The maximum Gasteiger partial charge on any atom is 0.126 e. The highest BCUT2D eigenvalue weighted by molar-refractivity contribution is 5.58. The third-order valence-corrected chi connectivity index (χ3v) is 3.60. The number of benzene rings is 1. The number of aliphatic hydroxyl groups is 1. The molecule has 112 valence electrons. The summed E-state index contributed by atoms with van der Waals surface area (Å²) in [5.74, 6) is 1.86. The van der Waals surface area contributed by atoms with E-state index in [0.717, 1.165) is 30.6 Å². The first-order valence-electron chi connectivity index (χ1n) is 7.53. The molecule has 1 rings (SSSR count). The largest absolute Gasteiger partial charge is 0.496 e. The summed E-state index contributed by atoms with van der Waals surface area (Å²) in [5, 5.41) is 8.99.